The molecule has 1 aromatic heterocycles. The quantitative estimate of drug-likeness (QED) is 0.756. The molecule has 0 atom stereocenters. The Morgan fingerprint density at radius 3 is 2.54 bits per heavy atom. The monoisotopic (exact) mass is 373 g/mol. The van der Waals surface area contributed by atoms with Crippen molar-refractivity contribution in [1.29, 1.82) is 0 Å². The second-order valence-corrected chi connectivity index (χ2v) is 7.56. The number of amides is 1. The number of carbonyl (C=O) groups is 1. The molecule has 0 saturated carbocycles. The smallest absolute Gasteiger partial charge is 0.225 e. The molecule has 6 nitrogen and oxygen atoms in total. The highest BCUT2D eigenvalue weighted by molar-refractivity contribution is 7.71. The molecule has 7 heteroatoms. The molecule has 1 aliphatic rings. The van der Waals surface area contributed by atoms with Crippen LogP contribution in [0.2, 0.25) is 0 Å². The van der Waals surface area contributed by atoms with E-state index in [0.29, 0.717) is 11.4 Å². The third-order valence-corrected chi connectivity index (χ3v) is 5.57. The summed E-state index contributed by atoms with van der Waals surface area (Å²) in [6.07, 6.45) is 3.55. The summed E-state index contributed by atoms with van der Waals surface area (Å²) in [5, 5.41) is 4.45. The molecule has 0 bridgehead atoms. The summed E-state index contributed by atoms with van der Waals surface area (Å²) in [7, 11) is 1.90. The number of para-hydroxylation sites is 1. The Labute approximate surface area is 160 Å². The first kappa shape index (κ1) is 18.8. The third-order valence-electron chi connectivity index (χ3n) is 5.16. The van der Waals surface area contributed by atoms with E-state index in [1.165, 1.54) is 0 Å². The van der Waals surface area contributed by atoms with Crippen LogP contribution >= 0.6 is 12.2 Å². The molecule has 26 heavy (non-hydrogen) atoms. The van der Waals surface area contributed by atoms with Crippen LogP contribution in [-0.2, 0) is 11.5 Å². The average Bonchev–Trinajstić information content (AvgIpc) is 3.02. The van der Waals surface area contributed by atoms with Crippen molar-refractivity contribution in [2.24, 2.45) is 5.92 Å². The summed E-state index contributed by atoms with van der Waals surface area (Å²) >= 11 is 5.58. The van der Waals surface area contributed by atoms with Gasteiger partial charge in [-0.3, -0.25) is 14.3 Å². The van der Waals surface area contributed by atoms with E-state index in [9.17, 15) is 4.79 Å². The first-order chi connectivity index (χ1) is 12.5. The van der Waals surface area contributed by atoms with Gasteiger partial charge in [-0.05, 0) is 51.0 Å². The van der Waals surface area contributed by atoms with E-state index >= 15 is 0 Å². The summed E-state index contributed by atoms with van der Waals surface area (Å²) < 4.78 is 4.46. The molecule has 1 saturated heterocycles. The largest absolute Gasteiger partial charge is 0.343 e. The highest BCUT2D eigenvalue weighted by Crippen LogP contribution is 2.20. The van der Waals surface area contributed by atoms with Crippen molar-refractivity contribution < 1.29 is 4.79 Å². The van der Waals surface area contributed by atoms with Crippen molar-refractivity contribution in [3.63, 3.8) is 0 Å². The van der Waals surface area contributed by atoms with Crippen LogP contribution in [-0.4, -0.2) is 56.2 Å². The highest BCUT2D eigenvalue weighted by Gasteiger charge is 2.28. The summed E-state index contributed by atoms with van der Waals surface area (Å²) in [5.74, 6) is 0.401. The molecule has 1 aliphatic heterocycles. The number of piperidine rings is 1. The number of hydrogen-bond acceptors (Lipinski definition) is 4. The molecule has 0 N–H and O–H groups in total. The fourth-order valence-electron chi connectivity index (χ4n) is 3.25. The number of nitrogens with zero attached hydrogens (tertiary/aromatic N) is 5. The minimum Gasteiger partial charge on any atom is -0.343 e. The Kier molecular flexibility index (Phi) is 5.88. The van der Waals surface area contributed by atoms with Crippen molar-refractivity contribution in [1.82, 2.24) is 24.1 Å². The minimum atomic E-state index is 0.133. The first-order valence-electron chi connectivity index (χ1n) is 9.16. The van der Waals surface area contributed by atoms with Crippen LogP contribution < -0.4 is 0 Å². The maximum atomic E-state index is 12.5. The molecule has 140 valence electrons. The van der Waals surface area contributed by atoms with Gasteiger partial charge >= 0.3 is 0 Å². The van der Waals surface area contributed by atoms with Gasteiger partial charge in [-0.1, -0.05) is 18.2 Å². The highest BCUT2D eigenvalue weighted by atomic mass is 32.1. The zero-order chi connectivity index (χ0) is 18.7. The molecule has 2 heterocycles. The van der Waals surface area contributed by atoms with E-state index in [1.54, 1.807) is 6.33 Å². The molecular weight excluding hydrogens is 346 g/mol. The Balaban J connectivity index is 1.60. The van der Waals surface area contributed by atoms with E-state index < -0.39 is 0 Å². The number of carbonyl (C=O) groups excluding carboxylic acids is 1. The molecule has 0 unspecified atom stereocenters. The Morgan fingerprint density at radius 2 is 1.92 bits per heavy atom. The van der Waals surface area contributed by atoms with Gasteiger partial charge in [0, 0.05) is 37.8 Å². The van der Waals surface area contributed by atoms with Crippen LogP contribution in [0.25, 0.3) is 5.69 Å². The molecular formula is C19H27N5OS. The summed E-state index contributed by atoms with van der Waals surface area (Å²) in [6.45, 7) is 6.56. The van der Waals surface area contributed by atoms with Crippen LogP contribution in [0.4, 0.5) is 0 Å². The van der Waals surface area contributed by atoms with Gasteiger partial charge in [0.05, 0.1) is 6.67 Å². The van der Waals surface area contributed by atoms with Gasteiger partial charge in [-0.25, -0.2) is 4.68 Å². The van der Waals surface area contributed by atoms with Crippen molar-refractivity contribution in [2.75, 3.05) is 20.1 Å². The number of hydrogen-bond donors (Lipinski definition) is 0. The summed E-state index contributed by atoms with van der Waals surface area (Å²) in [4.78, 5) is 16.7. The van der Waals surface area contributed by atoms with E-state index in [-0.39, 0.29) is 17.9 Å². The van der Waals surface area contributed by atoms with Crippen molar-refractivity contribution >= 4 is 18.1 Å². The lowest BCUT2D eigenvalue weighted by Gasteiger charge is -2.34. The fourth-order valence-corrected chi connectivity index (χ4v) is 3.51. The van der Waals surface area contributed by atoms with Crippen molar-refractivity contribution in [2.45, 2.75) is 39.4 Å². The SMILES string of the molecule is CC(C)N(C)C(=O)C1CCN(Cn2ncn(-c3ccccc3)c2=S)CC1. The number of likely N-dealkylation sites (tertiary alicyclic amines) is 1. The maximum Gasteiger partial charge on any atom is 0.225 e. The predicted molar refractivity (Wildman–Crippen MR) is 105 cm³/mol. The summed E-state index contributed by atoms with van der Waals surface area (Å²) in [5.41, 5.74) is 1.02. The van der Waals surface area contributed by atoms with Gasteiger partial charge in [0.25, 0.3) is 0 Å². The standard InChI is InChI=1S/C19H27N5OS/c1-15(2)21(3)18(25)16-9-11-22(12-10-16)14-24-19(26)23(13-20-24)17-7-5-4-6-8-17/h4-8,13,15-16H,9-12,14H2,1-3H3. The van der Waals surface area contributed by atoms with Crippen LogP contribution in [0.5, 0.6) is 0 Å². The van der Waals surface area contributed by atoms with Crippen LogP contribution in [0.15, 0.2) is 36.7 Å². The zero-order valence-corrected chi connectivity index (χ0v) is 16.5. The lowest BCUT2D eigenvalue weighted by molar-refractivity contribution is -0.137. The molecule has 3 rings (SSSR count). The minimum absolute atomic E-state index is 0.133. The molecule has 0 radical (unpaired) electrons. The Bertz CT molecular complexity index is 790. The number of rotatable bonds is 5. The van der Waals surface area contributed by atoms with Gasteiger partial charge in [0.2, 0.25) is 10.7 Å². The van der Waals surface area contributed by atoms with Crippen LogP contribution in [0, 0.1) is 10.7 Å². The zero-order valence-electron chi connectivity index (χ0n) is 15.7. The maximum absolute atomic E-state index is 12.5. The van der Waals surface area contributed by atoms with E-state index in [4.69, 9.17) is 12.2 Å². The predicted octanol–water partition coefficient (Wildman–Crippen LogP) is 2.94. The lowest BCUT2D eigenvalue weighted by atomic mass is 9.95. The number of aromatic nitrogens is 3. The van der Waals surface area contributed by atoms with Crippen LogP contribution in [0.1, 0.15) is 26.7 Å². The van der Waals surface area contributed by atoms with E-state index in [2.05, 4.69) is 23.8 Å². The molecule has 1 amide bonds. The lowest BCUT2D eigenvalue weighted by Crippen LogP contribution is -2.43. The van der Waals surface area contributed by atoms with Crippen LogP contribution in [0.3, 0.4) is 0 Å². The molecule has 1 fully saturated rings. The second-order valence-electron chi connectivity index (χ2n) is 7.20. The number of benzene rings is 1. The Hall–Kier alpha value is -1.99. The fraction of sp³-hybridized carbons (Fsp3) is 0.526. The van der Waals surface area contributed by atoms with E-state index in [0.717, 1.165) is 31.6 Å². The van der Waals surface area contributed by atoms with E-state index in [1.807, 2.05) is 51.5 Å². The summed E-state index contributed by atoms with van der Waals surface area (Å²) in [6, 6.07) is 10.3. The van der Waals surface area contributed by atoms with Crippen molar-refractivity contribution in [3.8, 4) is 5.69 Å². The second kappa shape index (κ2) is 8.14. The van der Waals surface area contributed by atoms with Gasteiger partial charge in [0.15, 0.2) is 0 Å². The molecule has 2 aromatic rings. The molecule has 0 aliphatic carbocycles. The molecule has 1 aromatic carbocycles. The first-order valence-corrected chi connectivity index (χ1v) is 9.57. The van der Waals surface area contributed by atoms with Gasteiger partial charge in [-0.15, -0.1) is 0 Å². The normalized spacial score (nSPS) is 16.2. The third kappa shape index (κ3) is 4.04. The van der Waals surface area contributed by atoms with Gasteiger partial charge in [-0.2, -0.15) is 5.10 Å². The van der Waals surface area contributed by atoms with Gasteiger partial charge < -0.3 is 4.90 Å². The Morgan fingerprint density at radius 1 is 1.27 bits per heavy atom. The topological polar surface area (TPSA) is 46.3 Å². The average molecular weight is 374 g/mol. The van der Waals surface area contributed by atoms with Gasteiger partial charge in [0.1, 0.15) is 6.33 Å². The van der Waals surface area contributed by atoms with Crippen molar-refractivity contribution in [3.05, 3.63) is 41.4 Å². The molecule has 0 spiro atoms.